The van der Waals surface area contributed by atoms with Crippen molar-refractivity contribution in [2.75, 3.05) is 18.8 Å². The Balaban J connectivity index is 1.60. The summed E-state index contributed by atoms with van der Waals surface area (Å²) in [6.07, 6.45) is 3.97. The van der Waals surface area contributed by atoms with E-state index in [0.29, 0.717) is 5.82 Å². The molecule has 0 amide bonds. The molecule has 1 fully saturated rings. The first kappa shape index (κ1) is 16.3. The Morgan fingerprint density at radius 2 is 1.93 bits per heavy atom. The van der Waals surface area contributed by atoms with E-state index in [2.05, 4.69) is 49.1 Å². The molecule has 0 aliphatic carbocycles. The van der Waals surface area contributed by atoms with E-state index >= 15 is 0 Å². The third-order valence-corrected chi connectivity index (χ3v) is 5.48. The fourth-order valence-electron chi connectivity index (χ4n) is 4.19. The number of benzene rings is 1. The highest BCUT2D eigenvalue weighted by Crippen LogP contribution is 2.32. The van der Waals surface area contributed by atoms with E-state index in [4.69, 9.17) is 5.73 Å². The summed E-state index contributed by atoms with van der Waals surface area (Å²) in [6, 6.07) is 10.6. The van der Waals surface area contributed by atoms with E-state index in [9.17, 15) is 0 Å². The summed E-state index contributed by atoms with van der Waals surface area (Å²) in [4.78, 5) is 18.3. The number of fused-ring (bicyclic) bond motifs is 2. The minimum absolute atomic E-state index is 0.494. The lowest BCUT2D eigenvalue weighted by Gasteiger charge is -2.26. The van der Waals surface area contributed by atoms with Gasteiger partial charge in [0.25, 0.3) is 0 Å². The molecule has 4 N–H and O–H groups in total. The standard InChI is InChI=1S/C21H24N6/c1-13-23-20-16(11-19(22)26-21(20)24-13)18-10-15-14(6-5-7-17(15)25-18)12-27-8-3-2-4-9-27/h5-7,10-11,25H,2-4,8-9,12H2,1H3,(H3,22,23,24,26). The van der Waals surface area contributed by atoms with Crippen LogP contribution in [0.1, 0.15) is 30.7 Å². The monoisotopic (exact) mass is 360 g/mol. The second-order valence-corrected chi connectivity index (χ2v) is 7.51. The molecule has 0 bridgehead atoms. The maximum absolute atomic E-state index is 6.04. The molecule has 6 nitrogen and oxygen atoms in total. The third-order valence-electron chi connectivity index (χ3n) is 5.48. The van der Waals surface area contributed by atoms with Crippen molar-refractivity contribution in [3.63, 3.8) is 0 Å². The molecule has 1 saturated heterocycles. The molecule has 138 valence electrons. The minimum Gasteiger partial charge on any atom is -0.384 e. The van der Waals surface area contributed by atoms with Gasteiger partial charge in [0, 0.05) is 28.7 Å². The molecule has 0 saturated carbocycles. The van der Waals surface area contributed by atoms with Crippen LogP contribution in [0.4, 0.5) is 5.82 Å². The molecule has 27 heavy (non-hydrogen) atoms. The summed E-state index contributed by atoms with van der Waals surface area (Å²) in [5.41, 5.74) is 12.2. The number of pyridine rings is 1. The van der Waals surface area contributed by atoms with Gasteiger partial charge in [0.2, 0.25) is 0 Å². The first-order valence-electron chi connectivity index (χ1n) is 9.63. The van der Waals surface area contributed by atoms with E-state index < -0.39 is 0 Å². The van der Waals surface area contributed by atoms with Crippen molar-refractivity contribution >= 4 is 27.9 Å². The number of hydrogen-bond donors (Lipinski definition) is 3. The average Bonchev–Trinajstić information content (AvgIpc) is 3.25. The Bertz CT molecular complexity index is 1120. The van der Waals surface area contributed by atoms with Crippen LogP contribution in [0.15, 0.2) is 30.3 Å². The number of hydrogen-bond acceptors (Lipinski definition) is 4. The van der Waals surface area contributed by atoms with Crippen LogP contribution < -0.4 is 5.73 Å². The van der Waals surface area contributed by atoms with Crippen LogP contribution in [0.3, 0.4) is 0 Å². The number of H-pyrrole nitrogens is 2. The van der Waals surface area contributed by atoms with Crippen molar-refractivity contribution < 1.29 is 0 Å². The zero-order chi connectivity index (χ0) is 18.4. The summed E-state index contributed by atoms with van der Waals surface area (Å²) in [7, 11) is 0. The van der Waals surface area contributed by atoms with E-state index in [0.717, 1.165) is 40.3 Å². The van der Waals surface area contributed by atoms with E-state index in [1.807, 2.05) is 13.0 Å². The summed E-state index contributed by atoms with van der Waals surface area (Å²) >= 11 is 0. The molecule has 4 heterocycles. The van der Waals surface area contributed by atoms with Crippen LogP contribution in [0, 0.1) is 6.92 Å². The molecule has 0 unspecified atom stereocenters. The Kier molecular flexibility index (Phi) is 3.86. The molecular formula is C21H24N6. The van der Waals surface area contributed by atoms with Crippen molar-refractivity contribution in [1.29, 1.82) is 0 Å². The fourth-order valence-corrected chi connectivity index (χ4v) is 4.19. The number of likely N-dealkylation sites (tertiary alicyclic amines) is 1. The lowest BCUT2D eigenvalue weighted by atomic mass is 10.1. The van der Waals surface area contributed by atoms with Crippen LogP contribution in [-0.4, -0.2) is 37.9 Å². The van der Waals surface area contributed by atoms with Crippen LogP contribution in [0.25, 0.3) is 33.3 Å². The fraction of sp³-hybridized carbons (Fsp3) is 0.333. The molecule has 0 radical (unpaired) electrons. The van der Waals surface area contributed by atoms with Crippen molar-refractivity contribution in [3.05, 3.63) is 41.7 Å². The molecule has 5 rings (SSSR count). The van der Waals surface area contributed by atoms with Gasteiger partial charge in [-0.05, 0) is 56.6 Å². The quantitative estimate of drug-likeness (QED) is 0.516. The summed E-state index contributed by atoms with van der Waals surface area (Å²) in [6.45, 7) is 5.33. The topological polar surface area (TPSA) is 86.6 Å². The van der Waals surface area contributed by atoms with E-state index in [1.54, 1.807) is 0 Å². The zero-order valence-electron chi connectivity index (χ0n) is 15.5. The van der Waals surface area contributed by atoms with Crippen molar-refractivity contribution in [2.45, 2.75) is 32.7 Å². The highest BCUT2D eigenvalue weighted by atomic mass is 15.1. The van der Waals surface area contributed by atoms with Crippen LogP contribution in [0.2, 0.25) is 0 Å². The molecular weight excluding hydrogens is 336 g/mol. The maximum atomic E-state index is 6.04. The van der Waals surface area contributed by atoms with Gasteiger partial charge in [0.05, 0.1) is 0 Å². The lowest BCUT2D eigenvalue weighted by Crippen LogP contribution is -2.29. The van der Waals surface area contributed by atoms with Gasteiger partial charge in [-0.3, -0.25) is 4.90 Å². The molecule has 1 aliphatic heterocycles. The molecule has 6 heteroatoms. The van der Waals surface area contributed by atoms with Crippen LogP contribution in [-0.2, 0) is 6.54 Å². The van der Waals surface area contributed by atoms with Crippen molar-refractivity contribution in [1.82, 2.24) is 24.8 Å². The van der Waals surface area contributed by atoms with Gasteiger partial charge in [-0.25, -0.2) is 9.97 Å². The smallest absolute Gasteiger partial charge is 0.160 e. The molecule has 1 aliphatic rings. The lowest BCUT2D eigenvalue weighted by molar-refractivity contribution is 0.221. The number of anilines is 1. The second kappa shape index (κ2) is 6.39. The van der Waals surface area contributed by atoms with Gasteiger partial charge in [-0.15, -0.1) is 0 Å². The van der Waals surface area contributed by atoms with Crippen LogP contribution in [0.5, 0.6) is 0 Å². The zero-order valence-corrected chi connectivity index (χ0v) is 15.5. The highest BCUT2D eigenvalue weighted by Gasteiger charge is 2.16. The minimum atomic E-state index is 0.494. The summed E-state index contributed by atoms with van der Waals surface area (Å²) < 4.78 is 0. The SMILES string of the molecule is Cc1nc2c(-c3cc4c(CN5CCCCC5)cccc4[nH]3)cc(N)nc2[nH]1. The van der Waals surface area contributed by atoms with Gasteiger partial charge in [-0.2, -0.15) is 0 Å². The normalized spacial score (nSPS) is 15.7. The number of rotatable bonds is 3. The summed E-state index contributed by atoms with van der Waals surface area (Å²) in [5.74, 6) is 1.33. The van der Waals surface area contributed by atoms with Gasteiger partial charge < -0.3 is 15.7 Å². The second-order valence-electron chi connectivity index (χ2n) is 7.51. The predicted molar refractivity (Wildman–Crippen MR) is 109 cm³/mol. The Hall–Kier alpha value is -2.86. The van der Waals surface area contributed by atoms with E-state index in [-0.39, 0.29) is 0 Å². The number of nitrogen functional groups attached to an aromatic ring is 1. The first-order chi connectivity index (χ1) is 13.2. The number of imidazole rings is 1. The van der Waals surface area contributed by atoms with E-state index in [1.165, 1.54) is 43.3 Å². The Labute approximate surface area is 157 Å². The number of aromatic nitrogens is 4. The van der Waals surface area contributed by atoms with Crippen molar-refractivity contribution in [2.24, 2.45) is 0 Å². The largest absolute Gasteiger partial charge is 0.384 e. The number of nitrogens with two attached hydrogens (primary N) is 1. The molecule has 0 spiro atoms. The molecule has 3 aromatic heterocycles. The number of aryl methyl sites for hydroxylation is 1. The van der Waals surface area contributed by atoms with Gasteiger partial charge >= 0.3 is 0 Å². The molecule has 0 atom stereocenters. The first-order valence-corrected chi connectivity index (χ1v) is 9.63. The third kappa shape index (κ3) is 2.96. The average molecular weight is 360 g/mol. The number of aromatic amines is 2. The van der Waals surface area contributed by atoms with Gasteiger partial charge in [0.15, 0.2) is 5.65 Å². The molecule has 1 aromatic carbocycles. The number of nitrogens with zero attached hydrogens (tertiary/aromatic N) is 3. The van der Waals surface area contributed by atoms with Crippen molar-refractivity contribution in [3.8, 4) is 11.3 Å². The van der Waals surface area contributed by atoms with Crippen LogP contribution >= 0.6 is 0 Å². The summed E-state index contributed by atoms with van der Waals surface area (Å²) in [5, 5.41) is 1.27. The highest BCUT2D eigenvalue weighted by molar-refractivity contribution is 5.96. The Morgan fingerprint density at radius 1 is 1.07 bits per heavy atom. The Morgan fingerprint density at radius 3 is 2.78 bits per heavy atom. The predicted octanol–water partition coefficient (Wildman–Crippen LogP) is 3.98. The maximum Gasteiger partial charge on any atom is 0.160 e. The molecule has 4 aromatic rings. The van der Waals surface area contributed by atoms with Gasteiger partial charge in [-0.1, -0.05) is 18.6 Å². The van der Waals surface area contributed by atoms with Gasteiger partial charge in [0.1, 0.15) is 17.2 Å². The number of nitrogens with one attached hydrogen (secondary N) is 2. The number of piperidine rings is 1.